The normalized spacial score (nSPS) is 25.1. The summed E-state index contributed by atoms with van der Waals surface area (Å²) in [6, 6.07) is 7.47. The zero-order chi connectivity index (χ0) is 19.1. The van der Waals surface area contributed by atoms with Crippen molar-refractivity contribution in [3.8, 4) is 0 Å². The Labute approximate surface area is 156 Å². The highest BCUT2D eigenvalue weighted by molar-refractivity contribution is 5.87. The van der Waals surface area contributed by atoms with E-state index in [0.29, 0.717) is 0 Å². The van der Waals surface area contributed by atoms with Crippen molar-refractivity contribution in [2.24, 2.45) is 5.41 Å². The molecule has 1 aliphatic heterocycles. The summed E-state index contributed by atoms with van der Waals surface area (Å²) in [6.07, 6.45) is 2.28. The van der Waals surface area contributed by atoms with E-state index >= 15 is 0 Å². The highest BCUT2D eigenvalue weighted by Gasteiger charge is 2.49. The predicted molar refractivity (Wildman–Crippen MR) is 101 cm³/mol. The number of hydrogen-bond acceptors (Lipinski definition) is 3. The minimum absolute atomic E-state index is 0.0523. The highest BCUT2D eigenvalue weighted by atomic mass is 16.5. The van der Waals surface area contributed by atoms with Gasteiger partial charge in [-0.1, -0.05) is 45.0 Å². The Morgan fingerprint density at radius 2 is 1.96 bits per heavy atom. The largest absolute Gasteiger partial charge is 0.356 e. The van der Waals surface area contributed by atoms with Gasteiger partial charge < -0.3 is 15.0 Å². The number of hydrogen-bond donors (Lipinski definition) is 1. The van der Waals surface area contributed by atoms with Gasteiger partial charge in [-0.2, -0.15) is 0 Å². The number of carbonyl (C=O) groups is 2. The van der Waals surface area contributed by atoms with Crippen molar-refractivity contribution in [2.45, 2.75) is 64.6 Å². The second-order valence-corrected chi connectivity index (χ2v) is 9.04. The maximum atomic E-state index is 13.1. The van der Waals surface area contributed by atoms with Gasteiger partial charge in [0, 0.05) is 12.6 Å². The van der Waals surface area contributed by atoms with Crippen LogP contribution in [0.4, 0.5) is 0 Å². The average molecular weight is 358 g/mol. The van der Waals surface area contributed by atoms with E-state index in [2.05, 4.69) is 26.1 Å². The molecule has 26 heavy (non-hydrogen) atoms. The van der Waals surface area contributed by atoms with E-state index in [4.69, 9.17) is 4.74 Å². The molecule has 1 aliphatic carbocycles. The second-order valence-electron chi connectivity index (χ2n) is 9.04. The van der Waals surface area contributed by atoms with Gasteiger partial charge in [-0.25, -0.2) is 0 Å². The fourth-order valence-electron chi connectivity index (χ4n) is 4.07. The molecular formula is C21H30N2O3. The van der Waals surface area contributed by atoms with Gasteiger partial charge in [0.15, 0.2) is 6.10 Å². The Balaban J connectivity index is 1.83. The van der Waals surface area contributed by atoms with E-state index < -0.39 is 12.1 Å². The van der Waals surface area contributed by atoms with Crippen LogP contribution in [-0.4, -0.2) is 42.0 Å². The van der Waals surface area contributed by atoms with Crippen molar-refractivity contribution in [1.82, 2.24) is 10.2 Å². The first-order valence-electron chi connectivity index (χ1n) is 9.37. The number of rotatable bonds is 4. The van der Waals surface area contributed by atoms with Crippen LogP contribution in [0.1, 0.15) is 57.2 Å². The number of nitrogens with one attached hydrogen (secondary N) is 1. The summed E-state index contributed by atoms with van der Waals surface area (Å²) in [6.45, 7) is 8.53. The Hall–Kier alpha value is -1.88. The van der Waals surface area contributed by atoms with Crippen LogP contribution >= 0.6 is 0 Å². The van der Waals surface area contributed by atoms with Crippen LogP contribution in [0.3, 0.4) is 0 Å². The van der Waals surface area contributed by atoms with Crippen LogP contribution < -0.4 is 5.32 Å². The lowest BCUT2D eigenvalue weighted by Gasteiger charge is -2.39. The van der Waals surface area contributed by atoms with Gasteiger partial charge in [0.25, 0.3) is 5.91 Å². The molecule has 0 unspecified atom stereocenters. The van der Waals surface area contributed by atoms with E-state index in [0.717, 1.165) is 30.4 Å². The quantitative estimate of drug-likeness (QED) is 0.900. The van der Waals surface area contributed by atoms with Gasteiger partial charge in [-0.05, 0) is 42.7 Å². The Morgan fingerprint density at radius 1 is 1.31 bits per heavy atom. The minimum Gasteiger partial charge on any atom is -0.356 e. The van der Waals surface area contributed by atoms with Crippen LogP contribution in [0.15, 0.2) is 24.3 Å². The maximum Gasteiger partial charge on any atom is 0.252 e. The topological polar surface area (TPSA) is 58.6 Å². The molecule has 1 saturated carbocycles. The smallest absolute Gasteiger partial charge is 0.252 e. The molecule has 1 aromatic rings. The number of ether oxygens (including phenoxy) is 1. The molecule has 1 N–H and O–H groups in total. The standard InChI is InChI=1S/C21H30N2O3/c1-14-8-6-7-9-15(14)17-18(26-12-16(24)23(17)5)19(25)22-21(10-11-21)13-20(2,3)4/h6-9,17-18H,10-13H2,1-5H3,(H,22,25)/t17-,18+/m1/s1. The van der Waals surface area contributed by atoms with E-state index in [1.165, 1.54) is 0 Å². The number of benzene rings is 1. The molecule has 0 radical (unpaired) electrons. The first-order chi connectivity index (χ1) is 12.1. The predicted octanol–water partition coefficient (Wildman–Crippen LogP) is 2.98. The summed E-state index contributed by atoms with van der Waals surface area (Å²) in [5, 5.41) is 3.25. The van der Waals surface area contributed by atoms with Gasteiger partial charge in [-0.15, -0.1) is 0 Å². The summed E-state index contributed by atoms with van der Waals surface area (Å²) in [5.74, 6) is -0.211. The van der Waals surface area contributed by atoms with E-state index in [1.54, 1.807) is 11.9 Å². The Morgan fingerprint density at radius 3 is 2.54 bits per heavy atom. The molecule has 1 aromatic carbocycles. The Kier molecular flexibility index (Phi) is 4.86. The van der Waals surface area contributed by atoms with Gasteiger partial charge in [0.05, 0.1) is 6.04 Å². The van der Waals surface area contributed by atoms with Crippen LogP contribution in [0.5, 0.6) is 0 Å². The van der Waals surface area contributed by atoms with Crippen molar-refractivity contribution in [1.29, 1.82) is 0 Å². The molecule has 0 bridgehead atoms. The van der Waals surface area contributed by atoms with Gasteiger partial charge in [0.2, 0.25) is 5.91 Å². The van der Waals surface area contributed by atoms with Crippen molar-refractivity contribution < 1.29 is 14.3 Å². The molecular weight excluding hydrogens is 328 g/mol. The zero-order valence-corrected chi connectivity index (χ0v) is 16.5. The molecule has 1 heterocycles. The fraction of sp³-hybridized carbons (Fsp3) is 0.619. The van der Waals surface area contributed by atoms with Crippen molar-refractivity contribution in [3.63, 3.8) is 0 Å². The van der Waals surface area contributed by atoms with Gasteiger partial charge in [-0.3, -0.25) is 9.59 Å². The summed E-state index contributed by atoms with van der Waals surface area (Å²) in [7, 11) is 1.75. The van der Waals surface area contributed by atoms with Gasteiger partial charge >= 0.3 is 0 Å². The first-order valence-corrected chi connectivity index (χ1v) is 9.37. The molecule has 142 valence electrons. The molecule has 3 rings (SSSR count). The molecule has 2 aliphatic rings. The maximum absolute atomic E-state index is 13.1. The van der Waals surface area contributed by atoms with E-state index in [1.807, 2.05) is 31.2 Å². The zero-order valence-electron chi connectivity index (χ0n) is 16.5. The fourth-order valence-corrected chi connectivity index (χ4v) is 4.07. The number of morpholine rings is 1. The van der Waals surface area contributed by atoms with Crippen molar-refractivity contribution >= 4 is 11.8 Å². The summed E-state index contributed by atoms with van der Waals surface area (Å²) >= 11 is 0. The molecule has 2 amide bonds. The molecule has 1 saturated heterocycles. The third kappa shape index (κ3) is 3.93. The Bertz CT molecular complexity index is 703. The van der Waals surface area contributed by atoms with Crippen LogP contribution in [0.2, 0.25) is 0 Å². The van der Waals surface area contributed by atoms with Crippen LogP contribution in [0, 0.1) is 12.3 Å². The van der Waals surface area contributed by atoms with Crippen molar-refractivity contribution in [2.75, 3.05) is 13.7 Å². The lowest BCUT2D eigenvalue weighted by Crippen LogP contribution is -2.55. The van der Waals surface area contributed by atoms with E-state index in [9.17, 15) is 9.59 Å². The second kappa shape index (κ2) is 6.69. The third-order valence-electron chi connectivity index (χ3n) is 5.36. The van der Waals surface area contributed by atoms with Crippen LogP contribution in [0.25, 0.3) is 0 Å². The minimum atomic E-state index is -0.684. The highest BCUT2D eigenvalue weighted by Crippen LogP contribution is 2.45. The molecule has 0 aromatic heterocycles. The molecule has 2 fully saturated rings. The first kappa shape index (κ1) is 18.9. The van der Waals surface area contributed by atoms with Gasteiger partial charge in [0.1, 0.15) is 6.61 Å². The molecule has 2 atom stereocenters. The third-order valence-corrected chi connectivity index (χ3v) is 5.36. The summed E-state index contributed by atoms with van der Waals surface area (Å²) in [5.41, 5.74) is 2.05. The number of carbonyl (C=O) groups excluding carboxylic acids is 2. The summed E-state index contributed by atoms with van der Waals surface area (Å²) in [4.78, 5) is 27.0. The number of aryl methyl sites for hydroxylation is 1. The number of nitrogens with zero attached hydrogens (tertiary/aromatic N) is 1. The molecule has 5 heteroatoms. The van der Waals surface area contributed by atoms with E-state index in [-0.39, 0.29) is 29.4 Å². The lowest BCUT2D eigenvalue weighted by molar-refractivity contribution is -0.162. The monoisotopic (exact) mass is 358 g/mol. The SMILES string of the molecule is Cc1ccccc1[C@@H]1[C@@H](C(=O)NC2(CC(C)(C)C)CC2)OCC(=O)N1C. The molecule has 5 nitrogen and oxygen atoms in total. The van der Waals surface area contributed by atoms with Crippen molar-refractivity contribution in [3.05, 3.63) is 35.4 Å². The number of amides is 2. The number of likely N-dealkylation sites (N-methyl/N-ethyl adjacent to an activating group) is 1. The summed E-state index contributed by atoms with van der Waals surface area (Å²) < 4.78 is 5.74. The van der Waals surface area contributed by atoms with Crippen LogP contribution in [-0.2, 0) is 14.3 Å². The lowest BCUT2D eigenvalue weighted by atomic mass is 9.86. The molecule has 0 spiro atoms. The average Bonchev–Trinajstić information content (AvgIpc) is 3.27.